The largest absolute Gasteiger partial charge is 0.395 e. The summed E-state index contributed by atoms with van der Waals surface area (Å²) < 4.78 is 0. The number of nitrogens with zero attached hydrogens (tertiary/aromatic N) is 3. The molecule has 1 rings (SSSR count). The van der Waals surface area contributed by atoms with Gasteiger partial charge in [0.2, 0.25) is 5.69 Å². The summed E-state index contributed by atoms with van der Waals surface area (Å²) in [5.74, 6) is 0.377. The zero-order valence-corrected chi connectivity index (χ0v) is 11.3. The predicted molar refractivity (Wildman–Crippen MR) is 73.1 cm³/mol. The lowest BCUT2D eigenvalue weighted by Gasteiger charge is -2.21. The molecule has 0 spiro atoms. The van der Waals surface area contributed by atoms with Gasteiger partial charge in [0, 0.05) is 17.4 Å². The number of nitriles is 1. The molecule has 0 aliphatic heterocycles. The van der Waals surface area contributed by atoms with E-state index in [1.807, 2.05) is 13.2 Å². The number of pyridine rings is 1. The molecular formula is C11H14N4O3S. The Morgan fingerprint density at radius 1 is 1.68 bits per heavy atom. The molecule has 0 aromatic carbocycles. The molecule has 0 aliphatic carbocycles. The molecule has 0 bridgehead atoms. The molecule has 1 aromatic heterocycles. The quantitative estimate of drug-likeness (QED) is 0.598. The maximum atomic E-state index is 10.7. The zero-order chi connectivity index (χ0) is 14.4. The first kappa shape index (κ1) is 15.2. The zero-order valence-electron chi connectivity index (χ0n) is 10.5. The Morgan fingerprint density at radius 3 is 2.84 bits per heavy atom. The van der Waals surface area contributed by atoms with Gasteiger partial charge in [0.25, 0.3) is 0 Å². The summed E-state index contributed by atoms with van der Waals surface area (Å²) >= 11 is 1.50. The number of anilines is 1. The summed E-state index contributed by atoms with van der Waals surface area (Å²) in [6.45, 7) is 1.87. The molecule has 1 aromatic rings. The minimum atomic E-state index is -0.642. The number of hydrogen-bond donors (Lipinski definition) is 2. The average molecular weight is 282 g/mol. The van der Waals surface area contributed by atoms with Crippen LogP contribution in [-0.2, 0) is 0 Å². The molecule has 7 nitrogen and oxygen atoms in total. The third-order valence-electron chi connectivity index (χ3n) is 2.59. The molecule has 19 heavy (non-hydrogen) atoms. The minimum Gasteiger partial charge on any atom is -0.395 e. The van der Waals surface area contributed by atoms with E-state index in [1.165, 1.54) is 23.9 Å². The molecule has 2 N–H and O–H groups in total. The van der Waals surface area contributed by atoms with E-state index in [9.17, 15) is 10.1 Å². The van der Waals surface area contributed by atoms with Gasteiger partial charge in [-0.1, -0.05) is 0 Å². The van der Waals surface area contributed by atoms with E-state index in [0.717, 1.165) is 0 Å². The maximum absolute atomic E-state index is 10.7. The van der Waals surface area contributed by atoms with E-state index < -0.39 is 4.92 Å². The normalized spacial score (nSPS) is 13.4. The Hall–Kier alpha value is -1.85. The van der Waals surface area contributed by atoms with Crippen LogP contribution in [0.4, 0.5) is 11.5 Å². The standard InChI is InChI=1S/C11H14N4O3S/c1-7(10(6-16)19-2)13-11-4-3-9(15(17)18)8(5-12)14-11/h3-4,7,10,16H,6H2,1-2H3,(H,13,14). The topological polar surface area (TPSA) is 112 Å². The van der Waals surface area contributed by atoms with Crippen LogP contribution < -0.4 is 5.32 Å². The first-order valence-corrected chi connectivity index (χ1v) is 6.78. The van der Waals surface area contributed by atoms with Crippen LogP contribution in [0.3, 0.4) is 0 Å². The molecule has 2 atom stereocenters. The second kappa shape index (κ2) is 6.92. The maximum Gasteiger partial charge on any atom is 0.305 e. The molecule has 102 valence electrons. The second-order valence-electron chi connectivity index (χ2n) is 3.82. The average Bonchev–Trinajstić information content (AvgIpc) is 2.39. The van der Waals surface area contributed by atoms with Crippen LogP contribution in [0, 0.1) is 21.4 Å². The van der Waals surface area contributed by atoms with E-state index in [1.54, 1.807) is 6.07 Å². The summed E-state index contributed by atoms with van der Waals surface area (Å²) in [4.78, 5) is 13.9. The Morgan fingerprint density at radius 2 is 2.37 bits per heavy atom. The van der Waals surface area contributed by atoms with Gasteiger partial charge >= 0.3 is 5.69 Å². The highest BCUT2D eigenvalue weighted by atomic mass is 32.2. The van der Waals surface area contributed by atoms with Crippen molar-refractivity contribution in [2.45, 2.75) is 18.2 Å². The van der Waals surface area contributed by atoms with Gasteiger partial charge in [0.1, 0.15) is 11.9 Å². The fourth-order valence-corrected chi connectivity index (χ4v) is 2.15. The van der Waals surface area contributed by atoms with Crippen LogP contribution in [0.25, 0.3) is 0 Å². The predicted octanol–water partition coefficient (Wildman–Crippen LogP) is 1.39. The lowest BCUT2D eigenvalue weighted by atomic mass is 10.2. The van der Waals surface area contributed by atoms with E-state index in [4.69, 9.17) is 10.4 Å². The highest BCUT2D eigenvalue weighted by Crippen LogP contribution is 2.20. The second-order valence-corrected chi connectivity index (χ2v) is 4.90. The summed E-state index contributed by atoms with van der Waals surface area (Å²) in [6.07, 6.45) is 1.88. The first-order valence-electron chi connectivity index (χ1n) is 5.49. The number of hydrogen-bond acceptors (Lipinski definition) is 7. The van der Waals surface area contributed by atoms with Gasteiger partial charge in [-0.2, -0.15) is 17.0 Å². The Bertz CT molecular complexity index is 499. The number of aliphatic hydroxyl groups excluding tert-OH is 1. The summed E-state index contributed by atoms with van der Waals surface area (Å²) in [5.41, 5.74) is -0.545. The lowest BCUT2D eigenvalue weighted by Crippen LogP contribution is -2.31. The number of rotatable bonds is 6. The third kappa shape index (κ3) is 3.81. The number of thioether (sulfide) groups is 1. The Balaban J connectivity index is 2.92. The van der Waals surface area contributed by atoms with Crippen molar-refractivity contribution in [1.29, 1.82) is 5.26 Å². The van der Waals surface area contributed by atoms with Crippen molar-refractivity contribution in [3.05, 3.63) is 27.9 Å². The van der Waals surface area contributed by atoms with Gasteiger partial charge in [-0.05, 0) is 19.2 Å². The molecule has 8 heteroatoms. The first-order chi connectivity index (χ1) is 9.03. The van der Waals surface area contributed by atoms with Crippen molar-refractivity contribution in [2.75, 3.05) is 18.2 Å². The van der Waals surface area contributed by atoms with Crippen LogP contribution in [0.15, 0.2) is 12.1 Å². The van der Waals surface area contributed by atoms with Crippen LogP contribution in [0.2, 0.25) is 0 Å². The minimum absolute atomic E-state index is 0.00736. The van der Waals surface area contributed by atoms with E-state index >= 15 is 0 Å². The van der Waals surface area contributed by atoms with Crippen molar-refractivity contribution in [1.82, 2.24) is 4.98 Å². The summed E-state index contributed by atoms with van der Waals surface area (Å²) in [7, 11) is 0. The van der Waals surface area contributed by atoms with Crippen molar-refractivity contribution in [3.63, 3.8) is 0 Å². The van der Waals surface area contributed by atoms with Crippen LogP contribution in [0.1, 0.15) is 12.6 Å². The van der Waals surface area contributed by atoms with E-state index in [-0.39, 0.29) is 29.3 Å². The molecule has 0 saturated carbocycles. The van der Waals surface area contributed by atoms with E-state index in [2.05, 4.69) is 10.3 Å². The number of aromatic nitrogens is 1. The fraction of sp³-hybridized carbons (Fsp3) is 0.455. The Kier molecular flexibility index (Phi) is 5.54. The van der Waals surface area contributed by atoms with Crippen molar-refractivity contribution < 1.29 is 10.0 Å². The molecule has 0 radical (unpaired) electrons. The van der Waals surface area contributed by atoms with Crippen LogP contribution >= 0.6 is 11.8 Å². The smallest absolute Gasteiger partial charge is 0.305 e. The van der Waals surface area contributed by atoms with E-state index in [0.29, 0.717) is 5.82 Å². The monoisotopic (exact) mass is 282 g/mol. The third-order valence-corrected chi connectivity index (χ3v) is 3.76. The molecule has 0 saturated heterocycles. The van der Waals surface area contributed by atoms with Gasteiger partial charge in [-0.25, -0.2) is 4.98 Å². The SMILES string of the molecule is CSC(CO)C(C)Nc1ccc([N+](=O)[O-])c(C#N)n1. The summed E-state index contributed by atoms with van der Waals surface area (Å²) in [5, 5.41) is 31.7. The lowest BCUT2D eigenvalue weighted by molar-refractivity contribution is -0.385. The van der Waals surface area contributed by atoms with Gasteiger partial charge in [-0.15, -0.1) is 0 Å². The highest BCUT2D eigenvalue weighted by molar-refractivity contribution is 7.99. The number of aliphatic hydroxyl groups is 1. The fourth-order valence-electron chi connectivity index (χ4n) is 1.52. The highest BCUT2D eigenvalue weighted by Gasteiger charge is 2.19. The molecule has 0 fully saturated rings. The van der Waals surface area contributed by atoms with Crippen molar-refractivity contribution >= 4 is 23.3 Å². The molecule has 0 amide bonds. The van der Waals surface area contributed by atoms with Gasteiger partial charge in [-0.3, -0.25) is 10.1 Å². The number of nitrogens with one attached hydrogen (secondary N) is 1. The molecular weight excluding hydrogens is 268 g/mol. The van der Waals surface area contributed by atoms with Gasteiger partial charge < -0.3 is 10.4 Å². The Labute approximate surface area is 114 Å². The van der Waals surface area contributed by atoms with Crippen molar-refractivity contribution in [3.8, 4) is 6.07 Å². The van der Waals surface area contributed by atoms with Crippen LogP contribution in [0.5, 0.6) is 0 Å². The summed E-state index contributed by atoms with van der Waals surface area (Å²) in [6, 6.07) is 4.31. The van der Waals surface area contributed by atoms with Gasteiger partial charge in [0.05, 0.1) is 11.5 Å². The van der Waals surface area contributed by atoms with Crippen LogP contribution in [-0.4, -0.2) is 39.2 Å². The van der Waals surface area contributed by atoms with Crippen molar-refractivity contribution in [2.24, 2.45) is 0 Å². The van der Waals surface area contributed by atoms with Gasteiger partial charge in [0.15, 0.2) is 0 Å². The molecule has 1 heterocycles. The molecule has 0 aliphatic rings. The number of nitro groups is 1. The molecule has 2 unspecified atom stereocenters.